The summed E-state index contributed by atoms with van der Waals surface area (Å²) in [5.74, 6) is 0. The first kappa shape index (κ1) is 11.8. The molecule has 0 radical (unpaired) electrons. The Labute approximate surface area is 108 Å². The van der Waals surface area contributed by atoms with E-state index in [0.29, 0.717) is 0 Å². The van der Waals surface area contributed by atoms with E-state index in [9.17, 15) is 0 Å². The summed E-state index contributed by atoms with van der Waals surface area (Å²) >= 11 is 2.30. The van der Waals surface area contributed by atoms with Gasteiger partial charge in [-0.25, -0.2) is 4.68 Å². The van der Waals surface area contributed by atoms with E-state index in [1.807, 2.05) is 16.8 Å². The summed E-state index contributed by atoms with van der Waals surface area (Å²) in [5.41, 5.74) is 2.04. The Morgan fingerprint density at radius 1 is 1.50 bits per heavy atom. The Hall–Kier alpha value is -0.690. The molecule has 0 aliphatic heterocycles. The zero-order valence-electron chi connectivity index (χ0n) is 9.35. The molecule has 2 rings (SSSR count). The smallest absolute Gasteiger partial charge is 0.113 e. The SMILES string of the molecule is COC(C)CCn1nnc2ccc(I)cc21. The van der Waals surface area contributed by atoms with Crippen molar-refractivity contribution in [3.63, 3.8) is 0 Å². The average molecular weight is 331 g/mol. The highest BCUT2D eigenvalue weighted by Crippen LogP contribution is 2.15. The molecule has 2 aromatic rings. The fourth-order valence-corrected chi connectivity index (χ4v) is 2.00. The Kier molecular flexibility index (Phi) is 3.75. The van der Waals surface area contributed by atoms with Crippen LogP contribution in [0.1, 0.15) is 13.3 Å². The molecule has 0 bridgehead atoms. The molecule has 1 unspecified atom stereocenters. The number of halogens is 1. The van der Waals surface area contributed by atoms with E-state index in [-0.39, 0.29) is 6.10 Å². The summed E-state index contributed by atoms with van der Waals surface area (Å²) < 4.78 is 8.36. The third-order valence-corrected chi connectivity index (χ3v) is 3.30. The second-order valence-corrected chi connectivity index (χ2v) is 5.03. The van der Waals surface area contributed by atoms with Crippen LogP contribution in [0.15, 0.2) is 18.2 Å². The number of ether oxygens (including phenoxy) is 1. The number of aryl methyl sites for hydroxylation is 1. The number of rotatable bonds is 4. The van der Waals surface area contributed by atoms with E-state index < -0.39 is 0 Å². The second-order valence-electron chi connectivity index (χ2n) is 3.78. The standard InChI is InChI=1S/C11H14IN3O/c1-8(16-2)5-6-15-11-7-9(12)3-4-10(11)13-14-15/h3-4,7-8H,5-6H2,1-2H3. The van der Waals surface area contributed by atoms with Gasteiger partial charge >= 0.3 is 0 Å². The summed E-state index contributed by atoms with van der Waals surface area (Å²) in [4.78, 5) is 0. The third kappa shape index (κ3) is 2.52. The van der Waals surface area contributed by atoms with Crippen LogP contribution in [0.5, 0.6) is 0 Å². The molecule has 1 aromatic carbocycles. The van der Waals surface area contributed by atoms with E-state index in [1.54, 1.807) is 7.11 Å². The van der Waals surface area contributed by atoms with Gasteiger partial charge in [0.05, 0.1) is 11.6 Å². The maximum absolute atomic E-state index is 5.22. The Balaban J connectivity index is 2.21. The van der Waals surface area contributed by atoms with Crippen molar-refractivity contribution in [3.8, 4) is 0 Å². The maximum Gasteiger partial charge on any atom is 0.113 e. The van der Waals surface area contributed by atoms with Gasteiger partial charge in [0.25, 0.3) is 0 Å². The van der Waals surface area contributed by atoms with E-state index in [2.05, 4.69) is 45.9 Å². The van der Waals surface area contributed by atoms with E-state index >= 15 is 0 Å². The van der Waals surface area contributed by atoms with Crippen molar-refractivity contribution < 1.29 is 4.74 Å². The van der Waals surface area contributed by atoms with Crippen LogP contribution in [0.2, 0.25) is 0 Å². The Morgan fingerprint density at radius 2 is 2.31 bits per heavy atom. The summed E-state index contributed by atoms with van der Waals surface area (Å²) in [5, 5.41) is 8.28. The summed E-state index contributed by atoms with van der Waals surface area (Å²) in [7, 11) is 1.73. The molecular formula is C11H14IN3O. The molecule has 4 nitrogen and oxygen atoms in total. The van der Waals surface area contributed by atoms with Gasteiger partial charge in [-0.2, -0.15) is 0 Å². The van der Waals surface area contributed by atoms with Gasteiger partial charge in [-0.05, 0) is 54.1 Å². The number of aromatic nitrogens is 3. The highest BCUT2D eigenvalue weighted by Gasteiger charge is 2.06. The lowest BCUT2D eigenvalue weighted by molar-refractivity contribution is 0.106. The van der Waals surface area contributed by atoms with Gasteiger partial charge in [-0.15, -0.1) is 5.10 Å². The lowest BCUT2D eigenvalue weighted by atomic mass is 10.2. The topological polar surface area (TPSA) is 39.9 Å². The van der Waals surface area contributed by atoms with E-state index in [4.69, 9.17) is 4.74 Å². The highest BCUT2D eigenvalue weighted by atomic mass is 127. The molecule has 0 saturated carbocycles. The third-order valence-electron chi connectivity index (χ3n) is 2.63. The van der Waals surface area contributed by atoms with Crippen molar-refractivity contribution >= 4 is 33.6 Å². The number of methoxy groups -OCH3 is 1. The van der Waals surface area contributed by atoms with Crippen molar-refractivity contribution in [1.82, 2.24) is 15.0 Å². The van der Waals surface area contributed by atoms with Gasteiger partial charge in [0.15, 0.2) is 0 Å². The number of nitrogens with zero attached hydrogens (tertiary/aromatic N) is 3. The fourth-order valence-electron chi connectivity index (χ4n) is 1.53. The normalized spacial score (nSPS) is 13.2. The van der Waals surface area contributed by atoms with E-state index in [0.717, 1.165) is 24.0 Å². The first-order valence-electron chi connectivity index (χ1n) is 5.22. The first-order chi connectivity index (χ1) is 7.70. The summed E-state index contributed by atoms with van der Waals surface area (Å²) in [6.07, 6.45) is 1.20. The van der Waals surface area contributed by atoms with Crippen LogP contribution in [0.4, 0.5) is 0 Å². The maximum atomic E-state index is 5.22. The number of fused-ring (bicyclic) bond motifs is 1. The lowest BCUT2D eigenvalue weighted by Crippen LogP contribution is -2.10. The molecule has 0 N–H and O–H groups in total. The molecule has 0 aliphatic rings. The van der Waals surface area contributed by atoms with Crippen molar-refractivity contribution in [2.24, 2.45) is 0 Å². The first-order valence-corrected chi connectivity index (χ1v) is 6.30. The molecule has 1 heterocycles. The van der Waals surface area contributed by atoms with Crippen LogP contribution < -0.4 is 0 Å². The molecule has 16 heavy (non-hydrogen) atoms. The second kappa shape index (κ2) is 5.09. The van der Waals surface area contributed by atoms with Gasteiger partial charge in [-0.3, -0.25) is 0 Å². The van der Waals surface area contributed by atoms with Crippen molar-refractivity contribution in [2.75, 3.05) is 7.11 Å². The van der Waals surface area contributed by atoms with Crippen LogP contribution in [0.3, 0.4) is 0 Å². The van der Waals surface area contributed by atoms with Crippen LogP contribution >= 0.6 is 22.6 Å². The van der Waals surface area contributed by atoms with Crippen molar-refractivity contribution in [3.05, 3.63) is 21.8 Å². The molecule has 1 aromatic heterocycles. The molecule has 1 atom stereocenters. The average Bonchev–Trinajstić information content (AvgIpc) is 2.68. The predicted octanol–water partition coefficient (Wildman–Crippen LogP) is 2.46. The molecule has 0 spiro atoms. The minimum Gasteiger partial charge on any atom is -0.382 e. The zero-order valence-corrected chi connectivity index (χ0v) is 11.5. The Bertz CT molecular complexity index is 483. The molecular weight excluding hydrogens is 317 g/mol. The summed E-state index contributed by atoms with van der Waals surface area (Å²) in [6, 6.07) is 6.15. The number of benzene rings is 1. The summed E-state index contributed by atoms with van der Waals surface area (Å²) in [6.45, 7) is 2.90. The minimum atomic E-state index is 0.252. The molecule has 86 valence electrons. The van der Waals surface area contributed by atoms with Gasteiger partial charge in [0.2, 0.25) is 0 Å². The minimum absolute atomic E-state index is 0.252. The lowest BCUT2D eigenvalue weighted by Gasteiger charge is -2.08. The predicted molar refractivity (Wildman–Crippen MR) is 71.3 cm³/mol. The number of hydrogen-bond donors (Lipinski definition) is 0. The van der Waals surface area contributed by atoms with Crippen LogP contribution in [-0.2, 0) is 11.3 Å². The monoisotopic (exact) mass is 331 g/mol. The Morgan fingerprint density at radius 3 is 3.06 bits per heavy atom. The number of hydrogen-bond acceptors (Lipinski definition) is 3. The van der Waals surface area contributed by atoms with E-state index in [1.165, 1.54) is 3.57 Å². The van der Waals surface area contributed by atoms with Gasteiger partial charge in [0, 0.05) is 17.2 Å². The van der Waals surface area contributed by atoms with Crippen LogP contribution in [-0.4, -0.2) is 28.2 Å². The highest BCUT2D eigenvalue weighted by molar-refractivity contribution is 14.1. The largest absolute Gasteiger partial charge is 0.382 e. The zero-order chi connectivity index (χ0) is 11.5. The van der Waals surface area contributed by atoms with Crippen molar-refractivity contribution in [1.29, 1.82) is 0 Å². The molecule has 0 aliphatic carbocycles. The van der Waals surface area contributed by atoms with Gasteiger partial charge in [0.1, 0.15) is 5.52 Å². The molecule has 0 fully saturated rings. The molecule has 5 heteroatoms. The van der Waals surface area contributed by atoms with Gasteiger partial charge < -0.3 is 4.74 Å². The van der Waals surface area contributed by atoms with Crippen molar-refractivity contribution in [2.45, 2.75) is 26.0 Å². The quantitative estimate of drug-likeness (QED) is 0.808. The van der Waals surface area contributed by atoms with Gasteiger partial charge in [-0.1, -0.05) is 5.21 Å². The molecule has 0 amide bonds. The molecule has 0 saturated heterocycles. The van der Waals surface area contributed by atoms with Crippen LogP contribution in [0.25, 0.3) is 11.0 Å². The fraction of sp³-hybridized carbons (Fsp3) is 0.455. The van der Waals surface area contributed by atoms with Crippen LogP contribution in [0, 0.1) is 3.57 Å².